The normalized spacial score (nSPS) is 17.0. The Hall–Kier alpha value is -2.37. The summed E-state index contributed by atoms with van der Waals surface area (Å²) in [4.78, 5) is 37.8. The van der Waals surface area contributed by atoms with E-state index < -0.39 is 5.92 Å². The predicted molar refractivity (Wildman–Crippen MR) is 88.0 cm³/mol. The molecule has 23 heavy (non-hydrogen) atoms. The maximum absolute atomic E-state index is 12.7. The van der Waals surface area contributed by atoms with Gasteiger partial charge in [0.15, 0.2) is 0 Å². The lowest BCUT2D eigenvalue weighted by Gasteiger charge is -2.29. The molecule has 1 heterocycles. The van der Waals surface area contributed by atoms with Crippen LogP contribution in [-0.4, -0.2) is 41.8 Å². The van der Waals surface area contributed by atoms with Gasteiger partial charge < -0.3 is 15.5 Å². The topological polar surface area (TPSA) is 78.5 Å². The van der Waals surface area contributed by atoms with E-state index in [1.165, 1.54) is 4.90 Å². The molecule has 0 saturated carbocycles. The van der Waals surface area contributed by atoms with E-state index >= 15 is 0 Å². The molecular formula is C17H23N3O3. The second-order valence-electron chi connectivity index (χ2n) is 6.88. The number of benzene rings is 1. The molecule has 2 N–H and O–H groups in total. The molecule has 124 valence electrons. The summed E-state index contributed by atoms with van der Waals surface area (Å²) < 4.78 is 0. The lowest BCUT2D eigenvalue weighted by Crippen LogP contribution is -2.47. The number of carbonyl (C=O) groups is 3. The molecule has 1 atom stereocenters. The molecule has 2 rings (SSSR count). The maximum atomic E-state index is 12.7. The first kappa shape index (κ1) is 17.0. The van der Waals surface area contributed by atoms with Crippen molar-refractivity contribution in [2.45, 2.75) is 38.6 Å². The van der Waals surface area contributed by atoms with Gasteiger partial charge in [0.25, 0.3) is 0 Å². The highest BCUT2D eigenvalue weighted by Gasteiger charge is 2.32. The third-order valence-corrected chi connectivity index (χ3v) is 3.57. The van der Waals surface area contributed by atoms with Gasteiger partial charge in [-0.05, 0) is 32.4 Å². The summed E-state index contributed by atoms with van der Waals surface area (Å²) in [7, 11) is 1.58. The summed E-state index contributed by atoms with van der Waals surface area (Å²) in [6.45, 7) is 5.62. The minimum atomic E-state index is -0.549. The van der Waals surface area contributed by atoms with Crippen LogP contribution < -0.4 is 10.6 Å². The van der Waals surface area contributed by atoms with Gasteiger partial charge in [-0.25, -0.2) is 0 Å². The SMILES string of the molecule is CN(CC(=O)NC(C)(C)C)C(=O)C1CC(=O)Nc2ccccc21. The Kier molecular flexibility index (Phi) is 4.73. The van der Waals surface area contributed by atoms with Crippen molar-refractivity contribution >= 4 is 23.4 Å². The number of amides is 3. The van der Waals surface area contributed by atoms with Gasteiger partial charge in [0, 0.05) is 24.7 Å². The molecule has 0 bridgehead atoms. The second-order valence-corrected chi connectivity index (χ2v) is 6.88. The van der Waals surface area contributed by atoms with Crippen LogP contribution in [0.5, 0.6) is 0 Å². The second kappa shape index (κ2) is 6.40. The Bertz CT molecular complexity index is 634. The van der Waals surface area contributed by atoms with Crippen molar-refractivity contribution in [1.82, 2.24) is 10.2 Å². The average molecular weight is 317 g/mol. The van der Waals surface area contributed by atoms with Crippen LogP contribution in [0.15, 0.2) is 24.3 Å². The third kappa shape index (κ3) is 4.31. The zero-order valence-corrected chi connectivity index (χ0v) is 14.0. The number of para-hydroxylation sites is 1. The van der Waals surface area contributed by atoms with Crippen LogP contribution >= 0.6 is 0 Å². The Labute approximate surface area is 136 Å². The summed E-state index contributed by atoms with van der Waals surface area (Å²) in [5.74, 6) is -1.18. The summed E-state index contributed by atoms with van der Waals surface area (Å²) in [6.07, 6.45) is 0.0983. The molecule has 1 aromatic rings. The van der Waals surface area contributed by atoms with Crippen LogP contribution in [0.25, 0.3) is 0 Å². The molecule has 1 aliphatic heterocycles. The molecule has 3 amide bonds. The summed E-state index contributed by atoms with van der Waals surface area (Å²) in [6, 6.07) is 7.26. The van der Waals surface area contributed by atoms with E-state index in [1.54, 1.807) is 13.1 Å². The largest absolute Gasteiger partial charge is 0.350 e. The van der Waals surface area contributed by atoms with Gasteiger partial charge in [0.1, 0.15) is 0 Å². The first-order valence-corrected chi connectivity index (χ1v) is 7.62. The van der Waals surface area contributed by atoms with Crippen molar-refractivity contribution in [3.05, 3.63) is 29.8 Å². The van der Waals surface area contributed by atoms with Crippen LogP contribution in [0.4, 0.5) is 5.69 Å². The Morgan fingerprint density at radius 3 is 2.61 bits per heavy atom. The van der Waals surface area contributed by atoms with Crippen LogP contribution in [0.1, 0.15) is 38.7 Å². The summed E-state index contributed by atoms with van der Waals surface area (Å²) in [5, 5.41) is 5.59. The van der Waals surface area contributed by atoms with Gasteiger partial charge in [0.05, 0.1) is 12.5 Å². The van der Waals surface area contributed by atoms with Crippen molar-refractivity contribution in [1.29, 1.82) is 0 Å². The molecule has 0 aliphatic carbocycles. The Morgan fingerprint density at radius 1 is 1.30 bits per heavy atom. The van der Waals surface area contributed by atoms with Gasteiger partial charge >= 0.3 is 0 Å². The number of carbonyl (C=O) groups excluding carboxylic acids is 3. The third-order valence-electron chi connectivity index (χ3n) is 3.57. The number of hydrogen-bond donors (Lipinski definition) is 2. The molecule has 1 unspecified atom stereocenters. The van der Waals surface area contributed by atoms with E-state index in [-0.39, 0.29) is 36.2 Å². The number of fused-ring (bicyclic) bond motifs is 1. The lowest BCUT2D eigenvalue weighted by atomic mass is 9.89. The van der Waals surface area contributed by atoms with Crippen molar-refractivity contribution in [2.24, 2.45) is 0 Å². The number of nitrogens with zero attached hydrogens (tertiary/aromatic N) is 1. The number of anilines is 1. The number of hydrogen-bond acceptors (Lipinski definition) is 3. The Balaban J connectivity index is 2.11. The highest BCUT2D eigenvalue weighted by atomic mass is 16.2. The number of nitrogens with one attached hydrogen (secondary N) is 2. The minimum absolute atomic E-state index is 0.0314. The summed E-state index contributed by atoms with van der Waals surface area (Å²) in [5.41, 5.74) is 1.10. The molecule has 6 nitrogen and oxygen atoms in total. The fourth-order valence-electron chi connectivity index (χ4n) is 2.65. The lowest BCUT2D eigenvalue weighted by molar-refractivity contribution is -0.137. The van der Waals surface area contributed by atoms with Gasteiger partial charge in [-0.3, -0.25) is 14.4 Å². The molecular weight excluding hydrogens is 294 g/mol. The number of likely N-dealkylation sites (N-methyl/N-ethyl adjacent to an activating group) is 1. The molecule has 6 heteroatoms. The number of rotatable bonds is 3. The minimum Gasteiger partial charge on any atom is -0.350 e. The van der Waals surface area contributed by atoms with E-state index in [2.05, 4.69) is 10.6 Å². The van der Waals surface area contributed by atoms with Gasteiger partial charge in [0.2, 0.25) is 17.7 Å². The van der Waals surface area contributed by atoms with Crippen LogP contribution in [0, 0.1) is 0 Å². The quantitative estimate of drug-likeness (QED) is 0.886. The van der Waals surface area contributed by atoms with Crippen molar-refractivity contribution in [2.75, 3.05) is 18.9 Å². The standard InChI is InChI=1S/C17H23N3O3/c1-17(2,3)19-15(22)10-20(4)16(23)12-9-14(21)18-13-8-6-5-7-11(12)13/h5-8,12H,9-10H2,1-4H3,(H,18,21)(H,19,22). The fourth-order valence-corrected chi connectivity index (χ4v) is 2.65. The van der Waals surface area contributed by atoms with E-state index in [0.717, 1.165) is 5.56 Å². The molecule has 0 saturated heterocycles. The molecule has 1 aromatic carbocycles. The van der Waals surface area contributed by atoms with E-state index in [0.29, 0.717) is 5.69 Å². The van der Waals surface area contributed by atoms with Gasteiger partial charge in [-0.15, -0.1) is 0 Å². The van der Waals surface area contributed by atoms with E-state index in [1.807, 2.05) is 39.0 Å². The smallest absolute Gasteiger partial charge is 0.240 e. The van der Waals surface area contributed by atoms with Crippen LogP contribution in [0.3, 0.4) is 0 Å². The van der Waals surface area contributed by atoms with Crippen LogP contribution in [0.2, 0.25) is 0 Å². The average Bonchev–Trinajstić information content (AvgIpc) is 2.43. The van der Waals surface area contributed by atoms with Crippen LogP contribution in [-0.2, 0) is 14.4 Å². The van der Waals surface area contributed by atoms with Gasteiger partial charge in [-0.1, -0.05) is 18.2 Å². The predicted octanol–water partition coefficient (Wildman–Crippen LogP) is 1.49. The molecule has 1 aliphatic rings. The molecule has 0 aromatic heterocycles. The first-order valence-electron chi connectivity index (χ1n) is 7.62. The molecule has 0 spiro atoms. The Morgan fingerprint density at radius 2 is 1.96 bits per heavy atom. The first-order chi connectivity index (χ1) is 10.7. The zero-order valence-electron chi connectivity index (χ0n) is 14.0. The molecule has 0 radical (unpaired) electrons. The van der Waals surface area contributed by atoms with E-state index in [4.69, 9.17) is 0 Å². The van der Waals surface area contributed by atoms with E-state index in [9.17, 15) is 14.4 Å². The summed E-state index contributed by atoms with van der Waals surface area (Å²) >= 11 is 0. The maximum Gasteiger partial charge on any atom is 0.240 e. The van der Waals surface area contributed by atoms with Crippen molar-refractivity contribution < 1.29 is 14.4 Å². The molecule has 0 fully saturated rings. The highest BCUT2D eigenvalue weighted by Crippen LogP contribution is 2.33. The fraction of sp³-hybridized carbons (Fsp3) is 0.471. The monoisotopic (exact) mass is 317 g/mol. The van der Waals surface area contributed by atoms with Gasteiger partial charge in [-0.2, -0.15) is 0 Å². The zero-order chi connectivity index (χ0) is 17.2. The van der Waals surface area contributed by atoms with Crippen molar-refractivity contribution in [3.63, 3.8) is 0 Å². The highest BCUT2D eigenvalue weighted by molar-refractivity contribution is 6.01. The van der Waals surface area contributed by atoms with Crippen molar-refractivity contribution in [3.8, 4) is 0 Å².